The zero-order valence-corrected chi connectivity index (χ0v) is 22.1. The summed E-state index contributed by atoms with van der Waals surface area (Å²) >= 11 is 0. The fourth-order valence-corrected chi connectivity index (χ4v) is 5.68. The number of aryl methyl sites for hydroxylation is 1. The van der Waals surface area contributed by atoms with Crippen molar-refractivity contribution in [2.24, 2.45) is 10.9 Å². The Morgan fingerprint density at radius 3 is 2.12 bits per heavy atom. The van der Waals surface area contributed by atoms with E-state index in [1.807, 2.05) is 24.3 Å². The number of benzene rings is 4. The van der Waals surface area contributed by atoms with Crippen LogP contribution < -0.4 is 4.74 Å². The van der Waals surface area contributed by atoms with Gasteiger partial charge in [-0.3, -0.25) is 9.79 Å². The summed E-state index contributed by atoms with van der Waals surface area (Å²) in [6, 6.07) is 23.0. The van der Waals surface area contributed by atoms with Crippen molar-refractivity contribution in [1.29, 1.82) is 0 Å². The maximum Gasteiger partial charge on any atom is 0.573 e. The van der Waals surface area contributed by atoms with Gasteiger partial charge in [0.05, 0.1) is 17.5 Å². The molecule has 0 saturated heterocycles. The number of fused-ring (bicyclic) bond motifs is 1. The second-order valence-electron chi connectivity index (χ2n) is 10.3. The summed E-state index contributed by atoms with van der Waals surface area (Å²) in [5, 5.41) is 0. The van der Waals surface area contributed by atoms with E-state index in [1.165, 1.54) is 30.3 Å². The predicted molar refractivity (Wildman–Crippen MR) is 146 cm³/mol. The van der Waals surface area contributed by atoms with Crippen LogP contribution in [-0.2, 0) is 16.0 Å². The fourth-order valence-electron chi connectivity index (χ4n) is 5.68. The SMILES string of the molecule is O=C(O[C@H]1CCc2ccccc21)[C@H]1CC(c2c(F)cccc2F)=N[C@H]1c1ccc(-c2ccc(OC(F)(F)F)cc2)cc1. The van der Waals surface area contributed by atoms with E-state index >= 15 is 0 Å². The first-order valence-electron chi connectivity index (χ1n) is 13.4. The minimum absolute atomic E-state index is 0.00185. The first kappa shape index (κ1) is 27.6. The van der Waals surface area contributed by atoms with Crippen LogP contribution in [0.3, 0.4) is 0 Å². The van der Waals surface area contributed by atoms with Crippen molar-refractivity contribution in [3.63, 3.8) is 0 Å². The monoisotopic (exact) mass is 577 g/mol. The molecule has 0 unspecified atom stereocenters. The van der Waals surface area contributed by atoms with E-state index in [-0.39, 0.29) is 23.4 Å². The minimum atomic E-state index is -4.78. The molecule has 4 nitrogen and oxygen atoms in total. The Kier molecular flexibility index (Phi) is 7.26. The molecule has 0 radical (unpaired) electrons. The van der Waals surface area contributed by atoms with Crippen LogP contribution in [0.5, 0.6) is 5.75 Å². The molecule has 0 saturated carbocycles. The van der Waals surface area contributed by atoms with Gasteiger partial charge >= 0.3 is 12.3 Å². The first-order chi connectivity index (χ1) is 20.2. The number of carbonyl (C=O) groups excluding carboxylic acids is 1. The third kappa shape index (κ3) is 5.64. The lowest BCUT2D eigenvalue weighted by molar-refractivity contribution is -0.274. The number of alkyl halides is 3. The smallest absolute Gasteiger partial charge is 0.457 e. The van der Waals surface area contributed by atoms with Crippen LogP contribution in [-0.4, -0.2) is 18.0 Å². The zero-order valence-electron chi connectivity index (χ0n) is 22.1. The summed E-state index contributed by atoms with van der Waals surface area (Å²) in [5.74, 6) is -3.17. The van der Waals surface area contributed by atoms with Gasteiger partial charge in [-0.15, -0.1) is 13.2 Å². The van der Waals surface area contributed by atoms with E-state index in [9.17, 15) is 26.7 Å². The standard InChI is InChI=1S/C33H24F5NO3/c34-26-6-3-7-27(35)30(26)28-18-25(32(40)41-29-17-14-21-4-1-2-5-24(21)29)31(39-28)22-10-8-19(9-11-22)20-12-15-23(16-13-20)42-33(36,37)38/h1-13,15-16,25,29,31H,14,17-18H2/t25-,29-,31-/m0/s1. The molecule has 1 heterocycles. The number of halogens is 5. The molecule has 4 aromatic carbocycles. The Labute approximate surface area is 238 Å². The highest BCUT2D eigenvalue weighted by Crippen LogP contribution is 2.41. The molecule has 4 aromatic rings. The fraction of sp³-hybridized carbons (Fsp3) is 0.212. The topological polar surface area (TPSA) is 47.9 Å². The van der Waals surface area contributed by atoms with Crippen molar-refractivity contribution < 1.29 is 36.2 Å². The van der Waals surface area contributed by atoms with E-state index in [2.05, 4.69) is 9.73 Å². The number of rotatable bonds is 6. The number of hydrogen-bond donors (Lipinski definition) is 0. The summed E-state index contributed by atoms with van der Waals surface area (Å²) in [6.45, 7) is 0. The van der Waals surface area contributed by atoms with Gasteiger partial charge in [-0.25, -0.2) is 8.78 Å². The molecule has 9 heteroatoms. The molecular weight excluding hydrogens is 553 g/mol. The first-order valence-corrected chi connectivity index (χ1v) is 13.4. The van der Waals surface area contributed by atoms with E-state index in [4.69, 9.17) is 4.74 Å². The lowest BCUT2D eigenvalue weighted by Gasteiger charge is -2.21. The van der Waals surface area contributed by atoms with Gasteiger partial charge in [0.25, 0.3) is 0 Å². The highest BCUT2D eigenvalue weighted by molar-refractivity contribution is 6.04. The number of nitrogens with zero attached hydrogens (tertiary/aromatic N) is 1. The molecule has 42 heavy (non-hydrogen) atoms. The molecule has 1 aliphatic carbocycles. The quantitative estimate of drug-likeness (QED) is 0.171. The van der Waals surface area contributed by atoms with Gasteiger partial charge in [-0.2, -0.15) is 0 Å². The molecule has 0 amide bonds. The minimum Gasteiger partial charge on any atom is -0.457 e. The molecule has 0 aromatic heterocycles. The second-order valence-corrected chi connectivity index (χ2v) is 10.3. The molecule has 0 bridgehead atoms. The summed E-state index contributed by atoms with van der Waals surface area (Å²) in [5.41, 5.74) is 3.96. The zero-order chi connectivity index (χ0) is 29.4. The summed E-state index contributed by atoms with van der Waals surface area (Å²) < 4.78 is 76.8. The molecular formula is C33H24F5NO3. The molecule has 1 aliphatic heterocycles. The Morgan fingerprint density at radius 2 is 1.45 bits per heavy atom. The van der Waals surface area contributed by atoms with E-state index in [0.29, 0.717) is 23.1 Å². The normalized spacial score (nSPS) is 19.7. The van der Waals surface area contributed by atoms with Gasteiger partial charge in [0.1, 0.15) is 23.5 Å². The predicted octanol–water partition coefficient (Wildman–Crippen LogP) is 8.31. The van der Waals surface area contributed by atoms with E-state index in [0.717, 1.165) is 29.7 Å². The summed E-state index contributed by atoms with van der Waals surface area (Å²) in [6.07, 6.45) is -3.75. The number of hydrogen-bond acceptors (Lipinski definition) is 4. The van der Waals surface area contributed by atoms with Crippen LogP contribution in [0.2, 0.25) is 0 Å². The van der Waals surface area contributed by atoms with Crippen LogP contribution in [0.4, 0.5) is 22.0 Å². The largest absolute Gasteiger partial charge is 0.573 e. The Hall–Kier alpha value is -4.53. The lowest BCUT2D eigenvalue weighted by Crippen LogP contribution is -2.23. The second kappa shape index (κ2) is 11.0. The van der Waals surface area contributed by atoms with Crippen molar-refractivity contribution in [2.75, 3.05) is 0 Å². The van der Waals surface area contributed by atoms with Gasteiger partial charge in [0.15, 0.2) is 0 Å². The number of esters is 1. The maximum absolute atomic E-state index is 14.7. The van der Waals surface area contributed by atoms with Crippen LogP contribution in [0.25, 0.3) is 11.1 Å². The molecule has 3 atom stereocenters. The molecule has 2 aliphatic rings. The molecule has 0 spiro atoms. The van der Waals surface area contributed by atoms with Crippen molar-refractivity contribution in [3.05, 3.63) is 125 Å². The van der Waals surface area contributed by atoms with Gasteiger partial charge in [0.2, 0.25) is 0 Å². The van der Waals surface area contributed by atoms with Crippen molar-refractivity contribution in [3.8, 4) is 16.9 Å². The van der Waals surface area contributed by atoms with Crippen LogP contribution in [0.1, 0.15) is 47.2 Å². The third-order valence-corrected chi connectivity index (χ3v) is 7.65. The van der Waals surface area contributed by atoms with Gasteiger partial charge < -0.3 is 9.47 Å². The number of aliphatic imine (C=N–C) groups is 1. The highest BCUT2D eigenvalue weighted by atomic mass is 19.4. The van der Waals surface area contributed by atoms with Crippen molar-refractivity contribution in [1.82, 2.24) is 0 Å². The number of carbonyl (C=O) groups is 1. The molecule has 214 valence electrons. The molecule has 0 N–H and O–H groups in total. The van der Waals surface area contributed by atoms with Gasteiger partial charge in [-0.05, 0) is 64.9 Å². The van der Waals surface area contributed by atoms with Crippen molar-refractivity contribution in [2.45, 2.75) is 37.8 Å². The van der Waals surface area contributed by atoms with Gasteiger partial charge in [0, 0.05) is 12.1 Å². The average Bonchev–Trinajstić information content (AvgIpc) is 3.58. The average molecular weight is 578 g/mol. The Bertz CT molecular complexity index is 1630. The molecule has 6 rings (SSSR count). The van der Waals surface area contributed by atoms with Crippen LogP contribution >= 0.6 is 0 Å². The van der Waals surface area contributed by atoms with E-state index in [1.54, 1.807) is 24.3 Å². The number of ether oxygens (including phenoxy) is 2. The highest BCUT2D eigenvalue weighted by Gasteiger charge is 2.40. The van der Waals surface area contributed by atoms with Gasteiger partial charge in [-0.1, -0.05) is 66.7 Å². The molecule has 0 fully saturated rings. The van der Waals surface area contributed by atoms with Crippen LogP contribution in [0, 0.1) is 17.6 Å². The summed E-state index contributed by atoms with van der Waals surface area (Å²) in [4.78, 5) is 18.2. The maximum atomic E-state index is 14.7. The Morgan fingerprint density at radius 1 is 0.810 bits per heavy atom. The Balaban J connectivity index is 1.28. The lowest BCUT2D eigenvalue weighted by atomic mass is 9.90. The third-order valence-electron chi connectivity index (χ3n) is 7.65. The summed E-state index contributed by atoms with van der Waals surface area (Å²) in [7, 11) is 0. The van der Waals surface area contributed by atoms with Crippen LogP contribution in [0.15, 0.2) is 96.0 Å². The van der Waals surface area contributed by atoms with E-state index < -0.39 is 42.0 Å². The van der Waals surface area contributed by atoms with Crippen molar-refractivity contribution >= 4 is 11.7 Å².